The first kappa shape index (κ1) is 13.7. The van der Waals surface area contributed by atoms with Gasteiger partial charge < -0.3 is 5.32 Å². The van der Waals surface area contributed by atoms with Gasteiger partial charge in [-0.15, -0.1) is 11.3 Å². The molecule has 3 atom stereocenters. The molecule has 0 amide bonds. The Hall–Kier alpha value is -0.710. The summed E-state index contributed by atoms with van der Waals surface area (Å²) in [4.78, 5) is 1.34. The summed E-state index contributed by atoms with van der Waals surface area (Å²) in [5, 5.41) is 4.96. The smallest absolute Gasteiger partial charge is 0.0441 e. The maximum absolute atomic E-state index is 11.3. The van der Waals surface area contributed by atoms with E-state index in [4.69, 9.17) is 0 Å². The van der Waals surface area contributed by atoms with E-state index < -0.39 is 10.8 Å². The first-order chi connectivity index (χ1) is 8.58. The highest BCUT2D eigenvalue weighted by Crippen LogP contribution is 2.29. The molecule has 0 saturated heterocycles. The molecule has 0 saturated carbocycles. The Kier molecular flexibility index (Phi) is 4.54. The summed E-state index contributed by atoms with van der Waals surface area (Å²) in [6, 6.07) is 11.0. The van der Waals surface area contributed by atoms with Crippen LogP contribution in [0.5, 0.6) is 0 Å². The Morgan fingerprint density at radius 3 is 2.72 bits per heavy atom. The van der Waals surface area contributed by atoms with Crippen LogP contribution >= 0.6 is 11.3 Å². The average molecular weight is 281 g/mol. The molecule has 1 N–H and O–H groups in total. The van der Waals surface area contributed by atoms with Crippen molar-refractivity contribution in [2.24, 2.45) is 0 Å². The highest BCUT2D eigenvalue weighted by Gasteiger charge is 2.12. The maximum Gasteiger partial charge on any atom is 0.0441 e. The molecule has 98 valence electrons. The SMILES string of the molecule is CC(NCC(C)S(C)=O)c1cc2ccccc2s1. The summed E-state index contributed by atoms with van der Waals surface area (Å²) in [5.74, 6) is 0. The lowest BCUT2D eigenvalue weighted by Crippen LogP contribution is -2.29. The quantitative estimate of drug-likeness (QED) is 0.911. The van der Waals surface area contributed by atoms with Crippen molar-refractivity contribution in [2.75, 3.05) is 12.8 Å². The molecule has 0 aliphatic carbocycles. The van der Waals surface area contributed by atoms with Gasteiger partial charge in [-0.2, -0.15) is 0 Å². The Labute approximate surface area is 115 Å². The summed E-state index contributed by atoms with van der Waals surface area (Å²) in [6.45, 7) is 4.97. The van der Waals surface area contributed by atoms with Crippen molar-refractivity contribution in [1.82, 2.24) is 5.32 Å². The molecule has 3 unspecified atom stereocenters. The van der Waals surface area contributed by atoms with E-state index in [1.54, 1.807) is 6.26 Å². The molecular weight excluding hydrogens is 262 g/mol. The van der Waals surface area contributed by atoms with Crippen LogP contribution in [0.3, 0.4) is 0 Å². The Bertz CT molecular complexity index is 516. The monoisotopic (exact) mass is 281 g/mol. The third-order valence-electron chi connectivity index (χ3n) is 3.15. The molecule has 0 aliphatic heterocycles. The summed E-state index contributed by atoms with van der Waals surface area (Å²) in [7, 11) is -0.757. The molecule has 0 aliphatic rings. The highest BCUT2D eigenvalue weighted by molar-refractivity contribution is 7.84. The number of fused-ring (bicyclic) bond motifs is 1. The summed E-state index contributed by atoms with van der Waals surface area (Å²) in [5.41, 5.74) is 0. The lowest BCUT2D eigenvalue weighted by atomic mass is 10.2. The van der Waals surface area contributed by atoms with Crippen LogP contribution in [0.4, 0.5) is 0 Å². The highest BCUT2D eigenvalue weighted by atomic mass is 32.2. The number of rotatable bonds is 5. The van der Waals surface area contributed by atoms with Gasteiger partial charge in [0.15, 0.2) is 0 Å². The summed E-state index contributed by atoms with van der Waals surface area (Å²) in [6.07, 6.45) is 1.76. The predicted molar refractivity (Wildman–Crippen MR) is 81.8 cm³/mol. The largest absolute Gasteiger partial charge is 0.308 e. The lowest BCUT2D eigenvalue weighted by Gasteiger charge is -2.15. The van der Waals surface area contributed by atoms with E-state index >= 15 is 0 Å². The van der Waals surface area contributed by atoms with Crippen molar-refractivity contribution in [1.29, 1.82) is 0 Å². The molecule has 1 aromatic carbocycles. The van der Waals surface area contributed by atoms with Gasteiger partial charge in [-0.3, -0.25) is 4.21 Å². The topological polar surface area (TPSA) is 29.1 Å². The van der Waals surface area contributed by atoms with Crippen LogP contribution in [0.2, 0.25) is 0 Å². The van der Waals surface area contributed by atoms with E-state index in [9.17, 15) is 4.21 Å². The molecule has 2 nitrogen and oxygen atoms in total. The van der Waals surface area contributed by atoms with Crippen molar-refractivity contribution < 1.29 is 4.21 Å². The third kappa shape index (κ3) is 3.19. The van der Waals surface area contributed by atoms with Crippen LogP contribution in [0, 0.1) is 0 Å². The number of nitrogens with one attached hydrogen (secondary N) is 1. The zero-order chi connectivity index (χ0) is 13.1. The zero-order valence-electron chi connectivity index (χ0n) is 11.0. The van der Waals surface area contributed by atoms with Gasteiger partial charge in [-0.05, 0) is 31.4 Å². The van der Waals surface area contributed by atoms with E-state index in [0.717, 1.165) is 6.54 Å². The van der Waals surface area contributed by atoms with Crippen LogP contribution in [-0.4, -0.2) is 22.3 Å². The molecule has 4 heteroatoms. The Balaban J connectivity index is 2.04. The van der Waals surface area contributed by atoms with E-state index in [2.05, 4.69) is 42.6 Å². The van der Waals surface area contributed by atoms with Crippen LogP contribution in [0.15, 0.2) is 30.3 Å². The summed E-state index contributed by atoms with van der Waals surface area (Å²) >= 11 is 1.83. The molecule has 1 heterocycles. The van der Waals surface area contributed by atoms with Gasteiger partial charge in [0.2, 0.25) is 0 Å². The van der Waals surface area contributed by atoms with Crippen LogP contribution in [-0.2, 0) is 10.8 Å². The molecule has 0 spiro atoms. The van der Waals surface area contributed by atoms with Gasteiger partial charge in [-0.1, -0.05) is 18.2 Å². The molecule has 2 aromatic rings. The second kappa shape index (κ2) is 5.95. The van der Waals surface area contributed by atoms with Gasteiger partial charge in [-0.25, -0.2) is 0 Å². The third-order valence-corrected chi connectivity index (χ3v) is 5.75. The minimum atomic E-state index is -0.757. The van der Waals surface area contributed by atoms with Gasteiger partial charge in [0.25, 0.3) is 0 Å². The molecule has 2 rings (SSSR count). The lowest BCUT2D eigenvalue weighted by molar-refractivity contribution is 0.576. The molecule has 0 radical (unpaired) electrons. The van der Waals surface area contributed by atoms with Crippen molar-refractivity contribution in [3.8, 4) is 0 Å². The minimum Gasteiger partial charge on any atom is -0.308 e. The van der Waals surface area contributed by atoms with Gasteiger partial charge >= 0.3 is 0 Å². The summed E-state index contributed by atoms with van der Waals surface area (Å²) < 4.78 is 12.6. The second-order valence-corrected chi connectivity index (χ2v) is 7.54. The van der Waals surface area contributed by atoms with Crippen molar-refractivity contribution in [3.05, 3.63) is 35.2 Å². The first-order valence-electron chi connectivity index (χ1n) is 6.12. The number of hydrogen-bond acceptors (Lipinski definition) is 3. The number of thiophene rings is 1. The van der Waals surface area contributed by atoms with E-state index in [1.807, 2.05) is 18.3 Å². The van der Waals surface area contributed by atoms with Gasteiger partial charge in [0.05, 0.1) is 0 Å². The van der Waals surface area contributed by atoms with E-state index in [-0.39, 0.29) is 5.25 Å². The predicted octanol–water partition coefficient (Wildman–Crippen LogP) is 3.32. The molecular formula is C14H19NOS2. The molecule has 18 heavy (non-hydrogen) atoms. The van der Waals surface area contributed by atoms with Crippen LogP contribution < -0.4 is 5.32 Å². The average Bonchev–Trinajstić information content (AvgIpc) is 2.79. The number of benzene rings is 1. The standard InChI is InChI=1S/C14H19NOS2/c1-10(18(3)16)9-15-11(2)14-8-12-6-4-5-7-13(12)17-14/h4-8,10-11,15H,9H2,1-3H3. The van der Waals surface area contributed by atoms with Gasteiger partial charge in [0.1, 0.15) is 0 Å². The van der Waals surface area contributed by atoms with Crippen molar-refractivity contribution >= 4 is 32.2 Å². The normalized spacial score (nSPS) is 16.6. The maximum atomic E-state index is 11.3. The second-order valence-electron chi connectivity index (χ2n) is 4.63. The molecule has 0 fully saturated rings. The molecule has 1 aromatic heterocycles. The minimum absolute atomic E-state index is 0.196. The molecule has 0 bridgehead atoms. The van der Waals surface area contributed by atoms with Crippen LogP contribution in [0.1, 0.15) is 24.8 Å². The van der Waals surface area contributed by atoms with E-state index in [1.165, 1.54) is 15.0 Å². The first-order valence-corrected chi connectivity index (χ1v) is 8.56. The van der Waals surface area contributed by atoms with E-state index in [0.29, 0.717) is 6.04 Å². The Morgan fingerprint density at radius 2 is 2.06 bits per heavy atom. The van der Waals surface area contributed by atoms with Crippen molar-refractivity contribution in [3.63, 3.8) is 0 Å². The van der Waals surface area contributed by atoms with Gasteiger partial charge in [0, 0.05) is 44.5 Å². The fourth-order valence-electron chi connectivity index (χ4n) is 1.78. The Morgan fingerprint density at radius 1 is 1.33 bits per heavy atom. The van der Waals surface area contributed by atoms with Crippen LogP contribution in [0.25, 0.3) is 10.1 Å². The zero-order valence-corrected chi connectivity index (χ0v) is 12.6. The van der Waals surface area contributed by atoms with Crippen molar-refractivity contribution in [2.45, 2.75) is 25.1 Å². The fourth-order valence-corrected chi connectivity index (χ4v) is 3.20. The fraction of sp³-hybridized carbons (Fsp3) is 0.429. The number of hydrogen-bond donors (Lipinski definition) is 1.